The van der Waals surface area contributed by atoms with Crippen LogP contribution < -0.4 is 0 Å². The average molecular weight is 267 g/mol. The minimum atomic E-state index is -0.533. The third-order valence-electron chi connectivity index (χ3n) is 2.42. The number of aryl methyl sites for hydroxylation is 1. The zero-order chi connectivity index (χ0) is 13.5. The fourth-order valence-corrected chi connectivity index (χ4v) is 1.75. The van der Waals surface area contributed by atoms with Gasteiger partial charge < -0.3 is 4.74 Å². The molecule has 1 heterocycles. The summed E-state index contributed by atoms with van der Waals surface area (Å²) in [4.78, 5) is 16.1. The van der Waals surface area contributed by atoms with E-state index in [1.807, 2.05) is 33.8 Å². The zero-order valence-electron chi connectivity index (χ0n) is 10.8. The maximum absolute atomic E-state index is 12.0. The van der Waals surface area contributed by atoms with Crippen molar-refractivity contribution in [3.8, 4) is 0 Å². The summed E-state index contributed by atoms with van der Waals surface area (Å²) in [6, 6.07) is 3.57. The highest BCUT2D eigenvalue weighted by Gasteiger charge is 2.19. The molecule has 0 atom stereocenters. The Bertz CT molecular complexity index is 611. The topological polar surface area (TPSA) is 44.1 Å². The van der Waals surface area contributed by atoms with Crippen LogP contribution in [0.5, 0.6) is 0 Å². The summed E-state index contributed by atoms with van der Waals surface area (Å²) in [5.74, 6) is 0. The van der Waals surface area contributed by atoms with Gasteiger partial charge in [-0.15, -0.1) is 0 Å². The van der Waals surface area contributed by atoms with Crippen molar-refractivity contribution in [2.24, 2.45) is 0 Å². The first-order valence-corrected chi connectivity index (χ1v) is 6.02. The predicted molar refractivity (Wildman–Crippen MR) is 71.1 cm³/mol. The molecule has 0 spiro atoms. The van der Waals surface area contributed by atoms with Gasteiger partial charge in [-0.05, 0) is 45.4 Å². The van der Waals surface area contributed by atoms with Crippen molar-refractivity contribution in [1.29, 1.82) is 0 Å². The second-order valence-corrected chi connectivity index (χ2v) is 5.59. The van der Waals surface area contributed by atoms with E-state index in [2.05, 4.69) is 4.98 Å². The van der Waals surface area contributed by atoms with Gasteiger partial charge in [0.25, 0.3) is 0 Å². The summed E-state index contributed by atoms with van der Waals surface area (Å²) in [6.45, 7) is 7.36. The summed E-state index contributed by atoms with van der Waals surface area (Å²) in [7, 11) is 0. The van der Waals surface area contributed by atoms with E-state index < -0.39 is 11.7 Å². The molecule has 0 N–H and O–H groups in total. The second-order valence-electron chi connectivity index (χ2n) is 5.19. The van der Waals surface area contributed by atoms with Gasteiger partial charge in [0, 0.05) is 5.02 Å². The molecule has 5 heteroatoms. The van der Waals surface area contributed by atoms with Crippen molar-refractivity contribution in [2.45, 2.75) is 33.3 Å². The van der Waals surface area contributed by atoms with Crippen LogP contribution in [0.4, 0.5) is 4.79 Å². The number of fused-ring (bicyclic) bond motifs is 1. The molecule has 1 aromatic carbocycles. The summed E-state index contributed by atoms with van der Waals surface area (Å²) in [5, 5.41) is 0.636. The van der Waals surface area contributed by atoms with Crippen molar-refractivity contribution >= 4 is 28.7 Å². The summed E-state index contributed by atoms with van der Waals surface area (Å²) >= 11 is 6.02. The van der Waals surface area contributed by atoms with Gasteiger partial charge in [-0.3, -0.25) is 0 Å². The first-order chi connectivity index (χ1) is 8.28. The second kappa shape index (κ2) is 4.28. The van der Waals surface area contributed by atoms with Crippen LogP contribution in [0.3, 0.4) is 0 Å². The van der Waals surface area contributed by atoms with Crippen molar-refractivity contribution in [2.75, 3.05) is 0 Å². The van der Waals surface area contributed by atoms with Gasteiger partial charge in [-0.1, -0.05) is 11.6 Å². The number of carbonyl (C=O) groups is 1. The zero-order valence-corrected chi connectivity index (χ0v) is 11.6. The summed E-state index contributed by atoms with van der Waals surface area (Å²) in [6.07, 6.45) is 1.01. The van der Waals surface area contributed by atoms with E-state index in [4.69, 9.17) is 16.3 Å². The number of carbonyl (C=O) groups excluding carboxylic acids is 1. The number of benzene rings is 1. The van der Waals surface area contributed by atoms with Gasteiger partial charge in [-0.2, -0.15) is 0 Å². The van der Waals surface area contributed by atoms with Crippen LogP contribution in [0, 0.1) is 6.92 Å². The molecule has 0 aliphatic heterocycles. The molecule has 0 saturated carbocycles. The summed E-state index contributed by atoms with van der Waals surface area (Å²) in [5.41, 5.74) is 1.74. The Morgan fingerprint density at radius 2 is 2.06 bits per heavy atom. The van der Waals surface area contributed by atoms with Gasteiger partial charge in [0.2, 0.25) is 0 Å². The van der Waals surface area contributed by atoms with Crippen LogP contribution >= 0.6 is 11.6 Å². The molecule has 0 amide bonds. The first-order valence-electron chi connectivity index (χ1n) is 5.64. The highest BCUT2D eigenvalue weighted by Crippen LogP contribution is 2.23. The van der Waals surface area contributed by atoms with E-state index in [9.17, 15) is 4.79 Å². The predicted octanol–water partition coefficient (Wildman–Crippen LogP) is 3.78. The minimum Gasteiger partial charge on any atom is -0.443 e. The molecule has 0 saturated heterocycles. The highest BCUT2D eigenvalue weighted by molar-refractivity contribution is 6.32. The number of aromatic nitrogens is 2. The molecule has 0 aliphatic carbocycles. The van der Waals surface area contributed by atoms with E-state index in [0.717, 1.165) is 5.56 Å². The van der Waals surface area contributed by atoms with E-state index >= 15 is 0 Å². The number of rotatable bonds is 0. The van der Waals surface area contributed by atoms with Crippen LogP contribution in [0.2, 0.25) is 5.02 Å². The SMILES string of the molecule is Cc1cc2c(cc1Cl)ncn2C(=O)OC(C)(C)C. The molecule has 0 fully saturated rings. The van der Waals surface area contributed by atoms with Gasteiger partial charge in [-0.25, -0.2) is 14.3 Å². The Morgan fingerprint density at radius 3 is 2.67 bits per heavy atom. The number of ether oxygens (including phenoxy) is 1. The number of imidazole rings is 1. The van der Waals surface area contributed by atoms with Gasteiger partial charge in [0.05, 0.1) is 11.0 Å². The minimum absolute atomic E-state index is 0.438. The molecular formula is C13H15ClN2O2. The standard InChI is InChI=1S/C13H15ClN2O2/c1-8-5-11-10(6-9(8)14)15-7-16(11)12(17)18-13(2,3)4/h5-7H,1-4H3. The lowest BCUT2D eigenvalue weighted by molar-refractivity contribution is 0.0543. The quantitative estimate of drug-likeness (QED) is 0.729. The summed E-state index contributed by atoms with van der Waals surface area (Å²) < 4.78 is 6.70. The van der Waals surface area contributed by atoms with Crippen molar-refractivity contribution in [1.82, 2.24) is 9.55 Å². The van der Waals surface area contributed by atoms with E-state index in [1.165, 1.54) is 10.9 Å². The molecule has 0 radical (unpaired) electrons. The van der Waals surface area contributed by atoms with Crippen molar-refractivity contribution < 1.29 is 9.53 Å². The van der Waals surface area contributed by atoms with E-state index in [0.29, 0.717) is 16.1 Å². The molecule has 0 bridgehead atoms. The maximum Gasteiger partial charge on any atom is 0.420 e. The van der Waals surface area contributed by atoms with E-state index in [-0.39, 0.29) is 0 Å². The Balaban J connectivity index is 2.46. The number of hydrogen-bond donors (Lipinski definition) is 0. The average Bonchev–Trinajstić information content (AvgIpc) is 2.59. The Labute approximate surface area is 111 Å². The molecule has 0 aliphatic rings. The van der Waals surface area contributed by atoms with Crippen molar-refractivity contribution in [3.63, 3.8) is 0 Å². The Hall–Kier alpha value is -1.55. The number of halogens is 1. The lowest BCUT2D eigenvalue weighted by Gasteiger charge is -2.19. The number of hydrogen-bond acceptors (Lipinski definition) is 3. The van der Waals surface area contributed by atoms with Gasteiger partial charge >= 0.3 is 6.09 Å². The fourth-order valence-electron chi connectivity index (χ4n) is 1.59. The smallest absolute Gasteiger partial charge is 0.420 e. The normalized spacial score (nSPS) is 11.8. The van der Waals surface area contributed by atoms with Gasteiger partial charge in [0.1, 0.15) is 11.9 Å². The molecular weight excluding hydrogens is 252 g/mol. The van der Waals surface area contributed by atoms with Crippen LogP contribution in [0.15, 0.2) is 18.5 Å². The molecule has 96 valence electrons. The lowest BCUT2D eigenvalue weighted by atomic mass is 10.2. The van der Waals surface area contributed by atoms with Gasteiger partial charge in [0.15, 0.2) is 0 Å². The highest BCUT2D eigenvalue weighted by atomic mass is 35.5. The molecule has 2 aromatic rings. The van der Waals surface area contributed by atoms with Crippen LogP contribution in [-0.4, -0.2) is 21.2 Å². The molecule has 1 aromatic heterocycles. The Kier molecular flexibility index (Phi) is 3.07. The molecule has 18 heavy (non-hydrogen) atoms. The number of nitrogens with zero attached hydrogens (tertiary/aromatic N) is 2. The van der Waals surface area contributed by atoms with Crippen LogP contribution in [-0.2, 0) is 4.74 Å². The van der Waals surface area contributed by atoms with E-state index in [1.54, 1.807) is 6.07 Å². The van der Waals surface area contributed by atoms with Crippen molar-refractivity contribution in [3.05, 3.63) is 29.0 Å². The molecule has 0 unspecified atom stereocenters. The third-order valence-corrected chi connectivity index (χ3v) is 2.83. The van der Waals surface area contributed by atoms with Crippen LogP contribution in [0.25, 0.3) is 11.0 Å². The third kappa shape index (κ3) is 2.48. The first kappa shape index (κ1) is 12.9. The largest absolute Gasteiger partial charge is 0.443 e. The fraction of sp³-hybridized carbons (Fsp3) is 0.385. The van der Waals surface area contributed by atoms with Crippen LogP contribution in [0.1, 0.15) is 26.3 Å². The molecule has 2 rings (SSSR count). The Morgan fingerprint density at radius 1 is 1.39 bits per heavy atom. The molecule has 4 nitrogen and oxygen atoms in total. The monoisotopic (exact) mass is 266 g/mol. The maximum atomic E-state index is 12.0. The lowest BCUT2D eigenvalue weighted by Crippen LogP contribution is -2.26.